The average molecular weight is 287 g/mol. The summed E-state index contributed by atoms with van der Waals surface area (Å²) in [7, 11) is 0. The lowest BCUT2D eigenvalue weighted by Crippen LogP contribution is -2.37. The molecular formula is C14H13N3O2S. The van der Waals surface area contributed by atoms with Crippen molar-refractivity contribution in [1.82, 2.24) is 10.3 Å². The minimum Gasteiger partial charge on any atom is -0.344 e. The van der Waals surface area contributed by atoms with Gasteiger partial charge in [-0.1, -0.05) is 0 Å². The van der Waals surface area contributed by atoms with E-state index >= 15 is 0 Å². The molecule has 1 saturated heterocycles. The molecule has 102 valence electrons. The Hall–Kier alpha value is -2.21. The molecule has 6 heteroatoms. The lowest BCUT2D eigenvalue weighted by molar-refractivity contribution is -0.122. The Bertz CT molecular complexity index is 622. The highest BCUT2D eigenvalue weighted by atomic mass is 32.1. The summed E-state index contributed by atoms with van der Waals surface area (Å²) in [6.45, 7) is 0. The predicted octanol–water partition coefficient (Wildman–Crippen LogP) is 2.03. The van der Waals surface area contributed by atoms with E-state index in [0.29, 0.717) is 12.8 Å². The predicted molar refractivity (Wildman–Crippen MR) is 77.3 cm³/mol. The lowest BCUT2D eigenvalue weighted by Gasteiger charge is -2.11. The number of anilines is 1. The van der Waals surface area contributed by atoms with Gasteiger partial charge in [0.1, 0.15) is 11.0 Å². The lowest BCUT2D eigenvalue weighted by atomic mass is 10.2. The van der Waals surface area contributed by atoms with Gasteiger partial charge in [-0.25, -0.2) is 4.98 Å². The van der Waals surface area contributed by atoms with Gasteiger partial charge in [0.25, 0.3) is 0 Å². The van der Waals surface area contributed by atoms with Crippen LogP contribution in [0.5, 0.6) is 0 Å². The van der Waals surface area contributed by atoms with Crippen LogP contribution in [0.15, 0.2) is 35.8 Å². The number of amides is 2. The van der Waals surface area contributed by atoms with Crippen LogP contribution in [0.4, 0.5) is 5.69 Å². The number of hydrogen-bond acceptors (Lipinski definition) is 4. The van der Waals surface area contributed by atoms with Crippen molar-refractivity contribution in [2.75, 3.05) is 5.32 Å². The topological polar surface area (TPSA) is 71.1 Å². The van der Waals surface area contributed by atoms with Gasteiger partial charge < -0.3 is 10.6 Å². The Morgan fingerprint density at radius 2 is 2.15 bits per heavy atom. The van der Waals surface area contributed by atoms with Crippen molar-refractivity contribution in [2.24, 2.45) is 0 Å². The summed E-state index contributed by atoms with van der Waals surface area (Å²) in [6.07, 6.45) is 2.74. The zero-order valence-electron chi connectivity index (χ0n) is 10.6. The molecule has 1 aliphatic rings. The summed E-state index contributed by atoms with van der Waals surface area (Å²) in [6, 6.07) is 7.10. The van der Waals surface area contributed by atoms with Crippen molar-refractivity contribution in [2.45, 2.75) is 18.9 Å². The van der Waals surface area contributed by atoms with Crippen molar-refractivity contribution in [3.63, 3.8) is 0 Å². The van der Waals surface area contributed by atoms with Crippen LogP contribution in [0, 0.1) is 0 Å². The number of hydrogen-bond donors (Lipinski definition) is 2. The number of thiazole rings is 1. The fourth-order valence-corrected chi connectivity index (χ4v) is 2.75. The second-order valence-corrected chi connectivity index (χ2v) is 5.46. The summed E-state index contributed by atoms with van der Waals surface area (Å²) in [4.78, 5) is 27.3. The molecule has 2 heterocycles. The molecule has 0 spiro atoms. The zero-order valence-corrected chi connectivity index (χ0v) is 11.4. The van der Waals surface area contributed by atoms with Crippen LogP contribution >= 0.6 is 11.3 Å². The van der Waals surface area contributed by atoms with Gasteiger partial charge >= 0.3 is 0 Å². The van der Waals surface area contributed by atoms with E-state index in [4.69, 9.17) is 0 Å². The van der Waals surface area contributed by atoms with Crippen LogP contribution in [0.25, 0.3) is 10.6 Å². The van der Waals surface area contributed by atoms with E-state index in [1.165, 1.54) is 0 Å². The van der Waals surface area contributed by atoms with E-state index in [-0.39, 0.29) is 11.8 Å². The number of benzene rings is 1. The Kier molecular flexibility index (Phi) is 3.47. The van der Waals surface area contributed by atoms with Crippen LogP contribution in [0.1, 0.15) is 12.8 Å². The van der Waals surface area contributed by atoms with Crippen LogP contribution < -0.4 is 10.6 Å². The second-order valence-electron chi connectivity index (χ2n) is 4.56. The standard InChI is InChI=1S/C14H13N3O2S/c18-12-6-5-11(17-12)13(19)16-10-3-1-9(2-4-10)14-15-7-8-20-14/h1-4,7-8,11H,5-6H2,(H,16,19)(H,17,18). The number of carbonyl (C=O) groups is 2. The molecule has 1 aliphatic heterocycles. The molecule has 0 saturated carbocycles. The molecular weight excluding hydrogens is 274 g/mol. The van der Waals surface area contributed by atoms with Gasteiger partial charge in [-0.3, -0.25) is 9.59 Å². The van der Waals surface area contributed by atoms with E-state index < -0.39 is 6.04 Å². The maximum atomic E-state index is 11.9. The normalized spacial score (nSPS) is 17.8. The maximum Gasteiger partial charge on any atom is 0.246 e. The number of aromatic nitrogens is 1. The second kappa shape index (κ2) is 5.42. The monoisotopic (exact) mass is 287 g/mol. The first-order chi connectivity index (χ1) is 9.72. The number of nitrogens with zero attached hydrogens (tertiary/aromatic N) is 1. The quantitative estimate of drug-likeness (QED) is 0.907. The molecule has 5 nitrogen and oxygen atoms in total. The third kappa shape index (κ3) is 2.70. The number of rotatable bonds is 3. The number of carbonyl (C=O) groups excluding carboxylic acids is 2. The Morgan fingerprint density at radius 3 is 2.75 bits per heavy atom. The van der Waals surface area contributed by atoms with Gasteiger partial charge in [0.2, 0.25) is 11.8 Å². The maximum absolute atomic E-state index is 11.9. The van der Waals surface area contributed by atoms with Crippen molar-refractivity contribution in [1.29, 1.82) is 0 Å². The van der Waals surface area contributed by atoms with E-state index in [9.17, 15) is 9.59 Å². The van der Waals surface area contributed by atoms with Crippen molar-refractivity contribution >= 4 is 28.8 Å². The smallest absolute Gasteiger partial charge is 0.246 e. The minimum absolute atomic E-state index is 0.0655. The molecule has 1 atom stereocenters. The van der Waals surface area contributed by atoms with Gasteiger partial charge in [0.15, 0.2) is 0 Å². The molecule has 0 aliphatic carbocycles. The van der Waals surface area contributed by atoms with E-state index in [1.807, 2.05) is 29.6 Å². The fourth-order valence-electron chi connectivity index (χ4n) is 2.10. The van der Waals surface area contributed by atoms with Crippen molar-refractivity contribution in [3.05, 3.63) is 35.8 Å². The minimum atomic E-state index is -0.416. The molecule has 1 aromatic carbocycles. The summed E-state index contributed by atoms with van der Waals surface area (Å²) in [5.41, 5.74) is 1.74. The van der Waals surface area contributed by atoms with Gasteiger partial charge in [-0.15, -0.1) is 11.3 Å². The Labute approximate surface area is 120 Å². The van der Waals surface area contributed by atoms with Crippen LogP contribution in [-0.2, 0) is 9.59 Å². The molecule has 3 rings (SSSR count). The zero-order chi connectivity index (χ0) is 13.9. The highest BCUT2D eigenvalue weighted by Crippen LogP contribution is 2.23. The SMILES string of the molecule is O=C1CCC(C(=O)Nc2ccc(-c3nccs3)cc2)N1. The number of nitrogens with one attached hydrogen (secondary N) is 2. The first-order valence-electron chi connectivity index (χ1n) is 6.32. The van der Waals surface area contributed by atoms with E-state index in [1.54, 1.807) is 17.5 Å². The fraction of sp³-hybridized carbons (Fsp3) is 0.214. The average Bonchev–Trinajstić information content (AvgIpc) is 3.10. The Balaban J connectivity index is 1.66. The molecule has 1 fully saturated rings. The highest BCUT2D eigenvalue weighted by Gasteiger charge is 2.26. The Morgan fingerprint density at radius 1 is 1.35 bits per heavy atom. The molecule has 2 aromatic rings. The largest absolute Gasteiger partial charge is 0.344 e. The molecule has 0 radical (unpaired) electrons. The molecule has 1 aromatic heterocycles. The third-order valence-electron chi connectivity index (χ3n) is 3.14. The van der Waals surface area contributed by atoms with E-state index in [2.05, 4.69) is 15.6 Å². The van der Waals surface area contributed by atoms with Gasteiger partial charge in [-0.2, -0.15) is 0 Å². The van der Waals surface area contributed by atoms with Crippen LogP contribution in [0.3, 0.4) is 0 Å². The first-order valence-corrected chi connectivity index (χ1v) is 7.20. The summed E-state index contributed by atoms with van der Waals surface area (Å²) in [5.74, 6) is -0.234. The third-order valence-corrected chi connectivity index (χ3v) is 3.97. The van der Waals surface area contributed by atoms with Crippen LogP contribution in [0.2, 0.25) is 0 Å². The highest BCUT2D eigenvalue weighted by molar-refractivity contribution is 7.13. The van der Waals surface area contributed by atoms with Crippen molar-refractivity contribution < 1.29 is 9.59 Å². The molecule has 0 bridgehead atoms. The van der Waals surface area contributed by atoms with Gasteiger partial charge in [0.05, 0.1) is 0 Å². The summed E-state index contributed by atoms with van der Waals surface area (Å²) >= 11 is 1.57. The molecule has 1 unspecified atom stereocenters. The molecule has 2 amide bonds. The van der Waals surface area contributed by atoms with Crippen LogP contribution in [-0.4, -0.2) is 22.8 Å². The molecule has 2 N–H and O–H groups in total. The summed E-state index contributed by atoms with van der Waals surface area (Å²) < 4.78 is 0. The summed E-state index contributed by atoms with van der Waals surface area (Å²) in [5, 5.41) is 8.33. The first kappa shape index (κ1) is 12.8. The van der Waals surface area contributed by atoms with Gasteiger partial charge in [-0.05, 0) is 30.7 Å². The van der Waals surface area contributed by atoms with E-state index in [0.717, 1.165) is 16.3 Å². The van der Waals surface area contributed by atoms with Gasteiger partial charge in [0, 0.05) is 29.2 Å². The molecule has 20 heavy (non-hydrogen) atoms. The van der Waals surface area contributed by atoms with Crippen molar-refractivity contribution in [3.8, 4) is 10.6 Å².